The van der Waals surface area contributed by atoms with Gasteiger partial charge in [-0.15, -0.1) is 0 Å². The molecule has 0 radical (unpaired) electrons. The number of halogens is 1. The van der Waals surface area contributed by atoms with E-state index in [0.29, 0.717) is 13.0 Å². The Hall–Kier alpha value is -1.62. The zero-order valence-electron chi connectivity index (χ0n) is 10.6. The molecule has 0 saturated carbocycles. The van der Waals surface area contributed by atoms with E-state index in [0.717, 1.165) is 6.07 Å². The number of benzene rings is 1. The fourth-order valence-corrected chi connectivity index (χ4v) is 1.70. The molecule has 5 heteroatoms. The van der Waals surface area contributed by atoms with E-state index in [1.165, 1.54) is 17.0 Å². The molecule has 2 N–H and O–H groups in total. The van der Waals surface area contributed by atoms with Crippen LogP contribution in [0, 0.1) is 5.82 Å². The van der Waals surface area contributed by atoms with Gasteiger partial charge in [-0.3, -0.25) is 4.79 Å². The van der Waals surface area contributed by atoms with Crippen molar-refractivity contribution in [1.29, 1.82) is 0 Å². The van der Waals surface area contributed by atoms with Gasteiger partial charge in [-0.25, -0.2) is 4.39 Å². The number of phenols is 1. The molecule has 0 fully saturated rings. The highest BCUT2D eigenvalue weighted by Gasteiger charge is 2.24. The van der Waals surface area contributed by atoms with Crippen LogP contribution in [0.4, 0.5) is 4.39 Å². The topological polar surface area (TPSA) is 60.8 Å². The van der Waals surface area contributed by atoms with E-state index in [2.05, 4.69) is 0 Å². The van der Waals surface area contributed by atoms with E-state index < -0.39 is 11.7 Å². The summed E-state index contributed by atoms with van der Waals surface area (Å²) in [7, 11) is 0. The van der Waals surface area contributed by atoms with Gasteiger partial charge in [0.05, 0.1) is 0 Å². The van der Waals surface area contributed by atoms with Crippen LogP contribution in [0.3, 0.4) is 0 Å². The molecule has 1 aromatic carbocycles. The summed E-state index contributed by atoms with van der Waals surface area (Å²) in [6.45, 7) is 3.88. The third-order valence-corrected chi connectivity index (χ3v) is 2.65. The lowest BCUT2D eigenvalue weighted by atomic mass is 10.1. The Bertz CT molecular complexity index is 400. The van der Waals surface area contributed by atoms with Crippen molar-refractivity contribution in [2.45, 2.75) is 26.3 Å². The van der Waals surface area contributed by atoms with Gasteiger partial charge in [-0.1, -0.05) is 6.07 Å². The predicted octanol–water partition coefficient (Wildman–Crippen LogP) is 1.76. The molecular weight excluding hydrogens is 237 g/mol. The number of carbonyl (C=O) groups excluding carboxylic acids is 1. The number of amides is 1. The molecule has 0 aromatic heterocycles. The van der Waals surface area contributed by atoms with Crippen molar-refractivity contribution < 1.29 is 19.4 Å². The Kier molecular flexibility index (Phi) is 5.09. The highest BCUT2D eigenvalue weighted by molar-refractivity contribution is 5.97. The molecule has 0 atom stereocenters. The first-order valence-electron chi connectivity index (χ1n) is 5.88. The van der Waals surface area contributed by atoms with Crippen LogP contribution >= 0.6 is 0 Å². The van der Waals surface area contributed by atoms with Crippen LogP contribution in [-0.4, -0.2) is 40.2 Å². The lowest BCUT2D eigenvalue weighted by Crippen LogP contribution is -2.38. The second kappa shape index (κ2) is 6.35. The number of hydrogen-bond donors (Lipinski definition) is 2. The second-order valence-electron chi connectivity index (χ2n) is 4.30. The monoisotopic (exact) mass is 255 g/mol. The van der Waals surface area contributed by atoms with E-state index >= 15 is 0 Å². The number of aliphatic hydroxyl groups is 1. The first-order chi connectivity index (χ1) is 8.49. The van der Waals surface area contributed by atoms with Crippen LogP contribution in [-0.2, 0) is 0 Å². The quantitative estimate of drug-likeness (QED) is 0.843. The van der Waals surface area contributed by atoms with Crippen molar-refractivity contribution in [3.8, 4) is 5.75 Å². The zero-order chi connectivity index (χ0) is 13.7. The van der Waals surface area contributed by atoms with Crippen LogP contribution in [0.25, 0.3) is 0 Å². The molecule has 18 heavy (non-hydrogen) atoms. The summed E-state index contributed by atoms with van der Waals surface area (Å²) in [5.41, 5.74) is -0.316. The van der Waals surface area contributed by atoms with Gasteiger partial charge in [-0.05, 0) is 32.4 Å². The third kappa shape index (κ3) is 3.20. The van der Waals surface area contributed by atoms with Gasteiger partial charge < -0.3 is 15.1 Å². The van der Waals surface area contributed by atoms with Gasteiger partial charge in [0.15, 0.2) is 0 Å². The third-order valence-electron chi connectivity index (χ3n) is 2.65. The van der Waals surface area contributed by atoms with Crippen molar-refractivity contribution >= 4 is 5.91 Å². The maximum atomic E-state index is 13.6. The average Bonchev–Trinajstić information content (AvgIpc) is 2.28. The minimum absolute atomic E-state index is 0.0419. The largest absolute Gasteiger partial charge is 0.507 e. The highest BCUT2D eigenvalue weighted by atomic mass is 19.1. The number of aromatic hydroxyl groups is 1. The first kappa shape index (κ1) is 14.4. The fraction of sp³-hybridized carbons (Fsp3) is 0.462. The van der Waals surface area contributed by atoms with Crippen LogP contribution in [0.5, 0.6) is 5.75 Å². The van der Waals surface area contributed by atoms with Crippen molar-refractivity contribution in [2.24, 2.45) is 0 Å². The summed E-state index contributed by atoms with van der Waals surface area (Å²) in [4.78, 5) is 13.6. The van der Waals surface area contributed by atoms with Gasteiger partial charge >= 0.3 is 0 Å². The van der Waals surface area contributed by atoms with Gasteiger partial charge in [0.2, 0.25) is 0 Å². The molecule has 0 aliphatic carbocycles. The normalized spacial score (nSPS) is 10.7. The summed E-state index contributed by atoms with van der Waals surface area (Å²) >= 11 is 0. The Morgan fingerprint density at radius 2 is 2.11 bits per heavy atom. The molecule has 0 heterocycles. The Balaban J connectivity index is 3.02. The molecule has 4 nitrogen and oxygen atoms in total. The molecule has 1 amide bonds. The lowest BCUT2D eigenvalue weighted by molar-refractivity contribution is 0.0685. The molecule has 1 aromatic rings. The van der Waals surface area contributed by atoms with Crippen LogP contribution in [0.2, 0.25) is 0 Å². The number of nitrogens with zero attached hydrogens (tertiary/aromatic N) is 1. The van der Waals surface area contributed by atoms with Crippen LogP contribution < -0.4 is 0 Å². The lowest BCUT2D eigenvalue weighted by Gasteiger charge is -2.27. The average molecular weight is 255 g/mol. The number of phenolic OH excluding ortho intramolecular Hbond substituents is 1. The highest BCUT2D eigenvalue weighted by Crippen LogP contribution is 2.22. The summed E-state index contributed by atoms with van der Waals surface area (Å²) in [5, 5.41) is 18.4. The number of rotatable bonds is 5. The standard InChI is InChI=1S/C13H18FNO3/c1-9(2)15(7-4-8-16)13(18)12-10(14)5-3-6-11(12)17/h3,5-6,9,16-17H,4,7-8H2,1-2H3. The van der Waals surface area contributed by atoms with Crippen molar-refractivity contribution in [1.82, 2.24) is 4.90 Å². The second-order valence-corrected chi connectivity index (χ2v) is 4.30. The molecule has 0 bridgehead atoms. The molecule has 0 spiro atoms. The summed E-state index contributed by atoms with van der Waals surface area (Å²) in [5.74, 6) is -1.67. The Labute approximate surface area is 106 Å². The molecule has 0 unspecified atom stereocenters. The van der Waals surface area contributed by atoms with E-state index in [1.54, 1.807) is 13.8 Å². The summed E-state index contributed by atoms with van der Waals surface area (Å²) in [6.07, 6.45) is 0.416. The van der Waals surface area contributed by atoms with Gasteiger partial charge in [0.25, 0.3) is 5.91 Å². The predicted molar refractivity (Wildman–Crippen MR) is 65.9 cm³/mol. The minimum atomic E-state index is -0.741. The smallest absolute Gasteiger partial charge is 0.260 e. The van der Waals surface area contributed by atoms with E-state index in [1.807, 2.05) is 0 Å². The number of hydrogen-bond acceptors (Lipinski definition) is 3. The first-order valence-corrected chi connectivity index (χ1v) is 5.88. The van der Waals surface area contributed by atoms with Crippen molar-refractivity contribution in [3.63, 3.8) is 0 Å². The molecular formula is C13H18FNO3. The minimum Gasteiger partial charge on any atom is -0.507 e. The van der Waals surface area contributed by atoms with E-state index in [4.69, 9.17) is 5.11 Å². The molecule has 1 rings (SSSR count). The number of aliphatic hydroxyl groups excluding tert-OH is 1. The summed E-state index contributed by atoms with van der Waals surface area (Å²) < 4.78 is 13.6. The SMILES string of the molecule is CC(C)N(CCCO)C(=O)c1c(O)cccc1F. The molecule has 0 aliphatic heterocycles. The van der Waals surface area contributed by atoms with Crippen molar-refractivity contribution in [2.75, 3.05) is 13.2 Å². The fourth-order valence-electron chi connectivity index (χ4n) is 1.70. The van der Waals surface area contributed by atoms with Gasteiger partial charge in [-0.2, -0.15) is 0 Å². The van der Waals surface area contributed by atoms with Crippen molar-refractivity contribution in [3.05, 3.63) is 29.6 Å². The van der Waals surface area contributed by atoms with Gasteiger partial charge in [0.1, 0.15) is 17.1 Å². The Morgan fingerprint density at radius 3 is 2.61 bits per heavy atom. The van der Waals surface area contributed by atoms with Crippen LogP contribution in [0.1, 0.15) is 30.6 Å². The van der Waals surface area contributed by atoms with E-state index in [9.17, 15) is 14.3 Å². The van der Waals surface area contributed by atoms with Gasteiger partial charge in [0, 0.05) is 19.2 Å². The Morgan fingerprint density at radius 1 is 1.44 bits per heavy atom. The molecule has 0 aliphatic rings. The van der Waals surface area contributed by atoms with Crippen LogP contribution in [0.15, 0.2) is 18.2 Å². The molecule has 0 saturated heterocycles. The molecule has 100 valence electrons. The summed E-state index contributed by atoms with van der Waals surface area (Å²) in [6, 6.07) is 3.62. The maximum Gasteiger partial charge on any atom is 0.260 e. The maximum absolute atomic E-state index is 13.6. The number of carbonyl (C=O) groups is 1. The zero-order valence-corrected chi connectivity index (χ0v) is 10.6. The van der Waals surface area contributed by atoms with E-state index in [-0.39, 0.29) is 24.0 Å².